The first-order chi connectivity index (χ1) is 9.47. The fraction of sp³-hybridized carbons (Fsp3) is 0.286. The van der Waals surface area contributed by atoms with E-state index in [0.717, 1.165) is 4.57 Å². The molecule has 1 unspecified atom stereocenters. The van der Waals surface area contributed by atoms with E-state index in [2.05, 4.69) is 4.98 Å². The van der Waals surface area contributed by atoms with E-state index in [0.29, 0.717) is 6.42 Å². The minimum Gasteiger partial charge on any atom is -0.494 e. The van der Waals surface area contributed by atoms with Gasteiger partial charge >= 0.3 is 5.69 Å². The molecule has 0 saturated heterocycles. The molecule has 5 nitrogen and oxygen atoms in total. The van der Waals surface area contributed by atoms with E-state index in [1.54, 1.807) is 13.0 Å². The van der Waals surface area contributed by atoms with Crippen LogP contribution in [0.2, 0.25) is 0 Å². The molecule has 0 aliphatic rings. The molecule has 0 radical (unpaired) electrons. The van der Waals surface area contributed by atoms with E-state index in [-0.39, 0.29) is 17.2 Å². The second-order valence-corrected chi connectivity index (χ2v) is 4.57. The van der Waals surface area contributed by atoms with Gasteiger partial charge in [-0.15, -0.1) is 0 Å². The molecule has 2 rings (SSSR count). The number of nitrogens with one attached hydrogen (secondary N) is 1. The number of nitrogens with zero attached hydrogens (tertiary/aromatic N) is 1. The molecule has 20 heavy (non-hydrogen) atoms. The average molecular weight is 278 g/mol. The molecular weight excluding hydrogens is 263 g/mol. The van der Waals surface area contributed by atoms with Crippen LogP contribution in [0.15, 0.2) is 33.9 Å². The van der Waals surface area contributed by atoms with Gasteiger partial charge < -0.3 is 5.11 Å². The van der Waals surface area contributed by atoms with Crippen LogP contribution in [0.3, 0.4) is 0 Å². The summed E-state index contributed by atoms with van der Waals surface area (Å²) in [6.45, 7) is 3.56. The van der Waals surface area contributed by atoms with Gasteiger partial charge in [-0.05, 0) is 19.4 Å². The van der Waals surface area contributed by atoms with E-state index in [1.807, 2.05) is 6.92 Å². The smallest absolute Gasteiger partial charge is 0.331 e. The number of H-pyrrole nitrogens is 1. The topological polar surface area (TPSA) is 75.1 Å². The highest BCUT2D eigenvalue weighted by molar-refractivity contribution is 5.67. The lowest BCUT2D eigenvalue weighted by Crippen LogP contribution is -2.32. The summed E-state index contributed by atoms with van der Waals surface area (Å²) in [6.07, 6.45) is 0.580. The van der Waals surface area contributed by atoms with E-state index in [9.17, 15) is 19.1 Å². The van der Waals surface area contributed by atoms with Gasteiger partial charge in [-0.3, -0.25) is 14.3 Å². The maximum absolute atomic E-state index is 13.8. The molecule has 1 aromatic heterocycles. The normalized spacial score (nSPS) is 12.3. The molecule has 0 bridgehead atoms. The fourth-order valence-corrected chi connectivity index (χ4v) is 2.04. The summed E-state index contributed by atoms with van der Waals surface area (Å²) in [4.78, 5) is 25.8. The second kappa shape index (κ2) is 5.32. The van der Waals surface area contributed by atoms with Crippen molar-refractivity contribution in [1.29, 1.82) is 0 Å². The zero-order chi connectivity index (χ0) is 14.9. The Labute approximate surface area is 114 Å². The van der Waals surface area contributed by atoms with Crippen molar-refractivity contribution in [3.8, 4) is 17.0 Å². The molecule has 106 valence electrons. The molecule has 0 fully saturated rings. The summed E-state index contributed by atoms with van der Waals surface area (Å²) in [5.74, 6) is -1.15. The highest BCUT2D eigenvalue weighted by Gasteiger charge is 2.20. The summed E-state index contributed by atoms with van der Waals surface area (Å²) in [5, 5.41) is 10.2. The maximum Gasteiger partial charge on any atom is 0.331 e. The van der Waals surface area contributed by atoms with Crippen LogP contribution in [0.1, 0.15) is 26.3 Å². The van der Waals surface area contributed by atoms with Crippen LogP contribution >= 0.6 is 0 Å². The van der Waals surface area contributed by atoms with Gasteiger partial charge in [0.25, 0.3) is 5.56 Å². The number of rotatable bonds is 3. The Kier molecular flexibility index (Phi) is 3.74. The predicted molar refractivity (Wildman–Crippen MR) is 73.4 cm³/mol. The van der Waals surface area contributed by atoms with Crippen molar-refractivity contribution in [3.63, 3.8) is 0 Å². The second-order valence-electron chi connectivity index (χ2n) is 4.57. The van der Waals surface area contributed by atoms with E-state index >= 15 is 0 Å². The SMILES string of the molecule is CCC(C)n1c(O)c(-c2ccccc2F)c(=O)[nH]c1=O. The van der Waals surface area contributed by atoms with E-state index in [1.165, 1.54) is 18.2 Å². The Hall–Kier alpha value is -2.37. The zero-order valence-corrected chi connectivity index (χ0v) is 11.2. The number of hydrogen-bond donors (Lipinski definition) is 2. The molecule has 2 aromatic rings. The number of aromatic hydroxyl groups is 1. The molecule has 2 N–H and O–H groups in total. The van der Waals surface area contributed by atoms with Gasteiger partial charge in [0.15, 0.2) is 0 Å². The molecule has 6 heteroatoms. The Morgan fingerprint density at radius 3 is 2.60 bits per heavy atom. The van der Waals surface area contributed by atoms with Crippen molar-refractivity contribution in [1.82, 2.24) is 9.55 Å². The van der Waals surface area contributed by atoms with Crippen molar-refractivity contribution in [2.24, 2.45) is 0 Å². The van der Waals surface area contributed by atoms with Gasteiger partial charge in [-0.1, -0.05) is 25.1 Å². The standard InChI is InChI=1S/C14H15FN2O3/c1-3-8(2)17-13(19)11(12(18)16-14(17)20)9-6-4-5-7-10(9)15/h4-8,19H,3H2,1-2H3,(H,16,18,20). The summed E-state index contributed by atoms with van der Waals surface area (Å²) >= 11 is 0. The van der Waals surface area contributed by atoms with Gasteiger partial charge in [-0.25, -0.2) is 9.18 Å². The molecular formula is C14H15FN2O3. The predicted octanol–water partition coefficient (Wildman–Crippen LogP) is 2.02. The van der Waals surface area contributed by atoms with Crippen LogP contribution in [0, 0.1) is 5.82 Å². The third kappa shape index (κ3) is 2.24. The van der Waals surface area contributed by atoms with Crippen molar-refractivity contribution in [2.45, 2.75) is 26.3 Å². The van der Waals surface area contributed by atoms with Crippen LogP contribution in [0.5, 0.6) is 5.88 Å². The van der Waals surface area contributed by atoms with Gasteiger partial charge in [0, 0.05) is 11.6 Å². The quantitative estimate of drug-likeness (QED) is 0.902. The Balaban J connectivity index is 2.82. The molecule has 1 aromatic carbocycles. The fourth-order valence-electron chi connectivity index (χ4n) is 2.04. The molecule has 0 spiro atoms. The first-order valence-corrected chi connectivity index (χ1v) is 6.30. The molecule has 1 atom stereocenters. The van der Waals surface area contributed by atoms with Gasteiger partial charge in [0.1, 0.15) is 11.4 Å². The molecule has 0 saturated carbocycles. The third-order valence-corrected chi connectivity index (χ3v) is 3.29. The van der Waals surface area contributed by atoms with Crippen LogP contribution in [-0.2, 0) is 0 Å². The summed E-state index contributed by atoms with van der Waals surface area (Å²) in [6, 6.07) is 5.28. The number of aromatic nitrogens is 2. The van der Waals surface area contributed by atoms with Crippen LogP contribution in [0.25, 0.3) is 11.1 Å². The minimum absolute atomic E-state index is 0.0386. The van der Waals surface area contributed by atoms with Crippen molar-refractivity contribution in [2.75, 3.05) is 0 Å². The molecule has 0 aliphatic heterocycles. The number of aromatic amines is 1. The third-order valence-electron chi connectivity index (χ3n) is 3.29. The monoisotopic (exact) mass is 278 g/mol. The molecule has 0 aliphatic carbocycles. The van der Waals surface area contributed by atoms with Crippen LogP contribution < -0.4 is 11.2 Å². The lowest BCUT2D eigenvalue weighted by Gasteiger charge is -2.16. The van der Waals surface area contributed by atoms with Crippen molar-refractivity contribution in [3.05, 3.63) is 50.9 Å². The lowest BCUT2D eigenvalue weighted by molar-refractivity contribution is 0.369. The first-order valence-electron chi connectivity index (χ1n) is 6.30. The van der Waals surface area contributed by atoms with Crippen molar-refractivity contribution < 1.29 is 9.50 Å². The summed E-state index contributed by atoms with van der Waals surface area (Å²) in [7, 11) is 0. The minimum atomic E-state index is -0.808. The zero-order valence-electron chi connectivity index (χ0n) is 11.2. The Morgan fingerprint density at radius 1 is 1.35 bits per heavy atom. The van der Waals surface area contributed by atoms with E-state index < -0.39 is 22.9 Å². The number of hydrogen-bond acceptors (Lipinski definition) is 3. The van der Waals surface area contributed by atoms with Gasteiger partial charge in [0.05, 0.1) is 0 Å². The molecule has 0 amide bonds. The Bertz CT molecular complexity index is 749. The van der Waals surface area contributed by atoms with Crippen molar-refractivity contribution >= 4 is 0 Å². The maximum atomic E-state index is 13.8. The van der Waals surface area contributed by atoms with Crippen LogP contribution in [-0.4, -0.2) is 14.7 Å². The highest BCUT2D eigenvalue weighted by Crippen LogP contribution is 2.28. The van der Waals surface area contributed by atoms with E-state index in [4.69, 9.17) is 0 Å². The summed E-state index contributed by atoms with van der Waals surface area (Å²) in [5.41, 5.74) is -1.79. The molecule has 1 heterocycles. The number of benzene rings is 1. The first kappa shape index (κ1) is 14.0. The number of halogens is 1. The van der Waals surface area contributed by atoms with Crippen LogP contribution in [0.4, 0.5) is 4.39 Å². The van der Waals surface area contributed by atoms with Gasteiger partial charge in [-0.2, -0.15) is 0 Å². The lowest BCUT2D eigenvalue weighted by atomic mass is 10.1. The highest BCUT2D eigenvalue weighted by atomic mass is 19.1. The Morgan fingerprint density at radius 2 is 2.00 bits per heavy atom. The average Bonchev–Trinajstić information content (AvgIpc) is 2.40. The largest absolute Gasteiger partial charge is 0.494 e. The summed E-state index contributed by atoms with van der Waals surface area (Å²) < 4.78 is 14.9. The van der Waals surface area contributed by atoms with Gasteiger partial charge in [0.2, 0.25) is 5.88 Å².